The number of benzene rings is 1. The fourth-order valence-corrected chi connectivity index (χ4v) is 3.64. The summed E-state index contributed by atoms with van der Waals surface area (Å²) in [7, 11) is 1.71. The van der Waals surface area contributed by atoms with Crippen LogP contribution in [0.3, 0.4) is 0 Å². The van der Waals surface area contributed by atoms with Crippen LogP contribution in [0, 0.1) is 0 Å². The van der Waals surface area contributed by atoms with Crippen molar-refractivity contribution >= 4 is 38.4 Å². The van der Waals surface area contributed by atoms with Crippen molar-refractivity contribution in [3.8, 4) is 0 Å². The SMILES string of the molecule is CN(Cc1nc2ccsc2c(=O)[nH]1)C(=O)Cc1cccc2cccnc12. The molecule has 1 amide bonds. The van der Waals surface area contributed by atoms with Gasteiger partial charge in [-0.1, -0.05) is 24.3 Å². The lowest BCUT2D eigenvalue weighted by molar-refractivity contribution is -0.129. The van der Waals surface area contributed by atoms with Gasteiger partial charge in [0.1, 0.15) is 10.5 Å². The number of fused-ring (bicyclic) bond motifs is 2. The van der Waals surface area contributed by atoms with Crippen LogP contribution in [0.2, 0.25) is 0 Å². The van der Waals surface area contributed by atoms with Crippen LogP contribution in [-0.4, -0.2) is 32.8 Å². The number of carbonyl (C=O) groups is 1. The van der Waals surface area contributed by atoms with E-state index in [1.165, 1.54) is 11.3 Å². The van der Waals surface area contributed by atoms with Crippen molar-refractivity contribution in [3.05, 3.63) is 69.7 Å². The second kappa shape index (κ2) is 6.68. The summed E-state index contributed by atoms with van der Waals surface area (Å²) in [5, 5.41) is 2.84. The second-order valence-corrected chi connectivity index (χ2v) is 6.98. The lowest BCUT2D eigenvalue weighted by atomic mass is 10.1. The molecular formula is C19H16N4O2S. The predicted molar refractivity (Wildman–Crippen MR) is 102 cm³/mol. The first kappa shape index (κ1) is 16.4. The molecule has 130 valence electrons. The molecule has 0 atom stereocenters. The average Bonchev–Trinajstić information content (AvgIpc) is 3.11. The normalized spacial score (nSPS) is 11.1. The molecular weight excluding hydrogens is 348 g/mol. The lowest BCUT2D eigenvalue weighted by Gasteiger charge is -2.17. The zero-order chi connectivity index (χ0) is 18.1. The Morgan fingerprint density at radius 2 is 2.08 bits per heavy atom. The van der Waals surface area contributed by atoms with Gasteiger partial charge >= 0.3 is 0 Å². The standard InChI is InChI=1S/C19H16N4O2S/c1-23(11-15-21-14-7-9-26-18(14)19(25)22-15)16(24)10-13-5-2-4-12-6-3-8-20-17(12)13/h2-9H,10-11H2,1H3,(H,21,22,25). The van der Waals surface area contributed by atoms with E-state index in [0.717, 1.165) is 16.5 Å². The van der Waals surface area contributed by atoms with Crippen LogP contribution in [-0.2, 0) is 17.8 Å². The van der Waals surface area contributed by atoms with Gasteiger partial charge in [0, 0.05) is 18.6 Å². The molecule has 7 heteroatoms. The third-order valence-electron chi connectivity index (χ3n) is 4.23. The van der Waals surface area contributed by atoms with Crippen LogP contribution in [0.4, 0.5) is 0 Å². The molecule has 6 nitrogen and oxygen atoms in total. The Balaban J connectivity index is 1.54. The number of hydrogen-bond acceptors (Lipinski definition) is 5. The first-order valence-electron chi connectivity index (χ1n) is 8.15. The zero-order valence-electron chi connectivity index (χ0n) is 14.1. The van der Waals surface area contributed by atoms with Gasteiger partial charge in [-0.2, -0.15) is 0 Å². The molecule has 26 heavy (non-hydrogen) atoms. The maximum Gasteiger partial charge on any atom is 0.268 e. The van der Waals surface area contributed by atoms with Crippen molar-refractivity contribution in [1.82, 2.24) is 19.9 Å². The smallest absolute Gasteiger partial charge is 0.268 e. The van der Waals surface area contributed by atoms with E-state index < -0.39 is 0 Å². The molecule has 4 aromatic rings. The van der Waals surface area contributed by atoms with E-state index in [4.69, 9.17) is 0 Å². The third kappa shape index (κ3) is 3.09. The Morgan fingerprint density at radius 3 is 2.96 bits per heavy atom. The van der Waals surface area contributed by atoms with E-state index >= 15 is 0 Å². The summed E-state index contributed by atoms with van der Waals surface area (Å²) in [6.45, 7) is 0.248. The molecule has 0 fully saturated rings. The summed E-state index contributed by atoms with van der Waals surface area (Å²) < 4.78 is 0.601. The summed E-state index contributed by atoms with van der Waals surface area (Å²) in [6, 6.07) is 11.5. The number of hydrogen-bond donors (Lipinski definition) is 1. The van der Waals surface area contributed by atoms with E-state index in [1.807, 2.05) is 41.8 Å². The number of H-pyrrole nitrogens is 1. The van der Waals surface area contributed by atoms with Crippen LogP contribution in [0.5, 0.6) is 0 Å². The van der Waals surface area contributed by atoms with Gasteiger partial charge in [-0.3, -0.25) is 14.6 Å². The fraction of sp³-hybridized carbons (Fsp3) is 0.158. The number of rotatable bonds is 4. The highest BCUT2D eigenvalue weighted by atomic mass is 32.1. The Morgan fingerprint density at radius 1 is 1.23 bits per heavy atom. The summed E-state index contributed by atoms with van der Waals surface area (Å²) >= 11 is 1.36. The first-order valence-corrected chi connectivity index (χ1v) is 9.03. The molecule has 4 rings (SSSR count). The summed E-state index contributed by atoms with van der Waals surface area (Å²) in [5.41, 5.74) is 2.21. The molecule has 1 N–H and O–H groups in total. The number of likely N-dealkylation sites (N-methyl/N-ethyl adjacent to an activating group) is 1. The van der Waals surface area contributed by atoms with Gasteiger partial charge in [-0.25, -0.2) is 4.98 Å². The molecule has 3 aromatic heterocycles. The molecule has 0 saturated heterocycles. The van der Waals surface area contributed by atoms with Gasteiger partial charge in [0.15, 0.2) is 0 Å². The van der Waals surface area contributed by atoms with Gasteiger partial charge in [0.25, 0.3) is 5.56 Å². The minimum Gasteiger partial charge on any atom is -0.338 e. The van der Waals surface area contributed by atoms with Crippen LogP contribution < -0.4 is 5.56 Å². The van der Waals surface area contributed by atoms with E-state index in [9.17, 15) is 9.59 Å². The van der Waals surface area contributed by atoms with Gasteiger partial charge in [-0.05, 0) is 23.1 Å². The fourth-order valence-electron chi connectivity index (χ4n) is 2.92. The highest BCUT2D eigenvalue weighted by Gasteiger charge is 2.14. The van der Waals surface area contributed by atoms with E-state index in [-0.39, 0.29) is 24.4 Å². The molecule has 0 spiro atoms. The van der Waals surface area contributed by atoms with Crippen molar-refractivity contribution in [2.45, 2.75) is 13.0 Å². The Hall–Kier alpha value is -3.06. The molecule has 0 aliphatic rings. The molecule has 0 aliphatic heterocycles. The van der Waals surface area contributed by atoms with Gasteiger partial charge < -0.3 is 9.88 Å². The highest BCUT2D eigenvalue weighted by Crippen LogP contribution is 2.17. The minimum absolute atomic E-state index is 0.0591. The maximum atomic E-state index is 12.6. The number of thiophene rings is 1. The molecule has 0 bridgehead atoms. The minimum atomic E-state index is -0.167. The van der Waals surface area contributed by atoms with Crippen molar-refractivity contribution in [3.63, 3.8) is 0 Å². The topological polar surface area (TPSA) is 79.0 Å². The Labute approximate surface area is 153 Å². The predicted octanol–water partition coefficient (Wildman–Crippen LogP) is 2.73. The van der Waals surface area contributed by atoms with Crippen LogP contribution >= 0.6 is 11.3 Å². The zero-order valence-corrected chi connectivity index (χ0v) is 14.9. The number of nitrogens with one attached hydrogen (secondary N) is 1. The van der Waals surface area contributed by atoms with Crippen molar-refractivity contribution in [2.75, 3.05) is 7.05 Å². The van der Waals surface area contributed by atoms with E-state index in [1.54, 1.807) is 18.1 Å². The van der Waals surface area contributed by atoms with Gasteiger partial charge in [0.05, 0.1) is 24.0 Å². The summed E-state index contributed by atoms with van der Waals surface area (Å²) in [4.78, 5) is 37.8. The van der Waals surface area contributed by atoms with Gasteiger partial charge in [0.2, 0.25) is 5.91 Å². The van der Waals surface area contributed by atoms with Crippen LogP contribution in [0.15, 0.2) is 52.8 Å². The highest BCUT2D eigenvalue weighted by molar-refractivity contribution is 7.17. The van der Waals surface area contributed by atoms with Crippen molar-refractivity contribution < 1.29 is 4.79 Å². The second-order valence-electron chi connectivity index (χ2n) is 6.07. The molecule has 0 aliphatic carbocycles. The number of aromatic nitrogens is 3. The average molecular weight is 364 g/mol. The van der Waals surface area contributed by atoms with E-state index in [0.29, 0.717) is 16.0 Å². The molecule has 0 saturated carbocycles. The Bertz CT molecular complexity index is 1160. The molecule has 0 radical (unpaired) electrons. The number of para-hydroxylation sites is 1. The maximum absolute atomic E-state index is 12.6. The van der Waals surface area contributed by atoms with Crippen LogP contribution in [0.25, 0.3) is 21.1 Å². The number of aromatic amines is 1. The van der Waals surface area contributed by atoms with Gasteiger partial charge in [-0.15, -0.1) is 11.3 Å². The number of pyridine rings is 1. The molecule has 1 aromatic carbocycles. The Kier molecular flexibility index (Phi) is 4.22. The quantitative estimate of drug-likeness (QED) is 0.604. The molecule has 0 unspecified atom stereocenters. The lowest BCUT2D eigenvalue weighted by Crippen LogP contribution is -2.29. The number of nitrogens with zero attached hydrogens (tertiary/aromatic N) is 3. The van der Waals surface area contributed by atoms with Crippen molar-refractivity contribution in [1.29, 1.82) is 0 Å². The number of carbonyl (C=O) groups excluding carboxylic acids is 1. The third-order valence-corrected chi connectivity index (χ3v) is 5.14. The van der Waals surface area contributed by atoms with E-state index in [2.05, 4.69) is 15.0 Å². The van der Waals surface area contributed by atoms with Crippen LogP contribution in [0.1, 0.15) is 11.4 Å². The molecule has 3 heterocycles. The largest absolute Gasteiger partial charge is 0.338 e. The van der Waals surface area contributed by atoms with Crippen molar-refractivity contribution in [2.24, 2.45) is 0 Å². The monoisotopic (exact) mass is 364 g/mol. The first-order chi connectivity index (χ1) is 12.6. The summed E-state index contributed by atoms with van der Waals surface area (Å²) in [5.74, 6) is 0.420. The summed E-state index contributed by atoms with van der Waals surface area (Å²) in [6.07, 6.45) is 1.97. The number of amides is 1.